The molecule has 0 aliphatic heterocycles. The number of hydrogen-bond donors (Lipinski definition) is 1. The Hall–Kier alpha value is -1.06. The monoisotopic (exact) mass is 293 g/mol. The number of benzene rings is 1. The first-order chi connectivity index (χ1) is 10.2. The summed E-state index contributed by atoms with van der Waals surface area (Å²) in [5.41, 5.74) is 1.31. The standard InChI is InChI=1S/C18H31NO2/c1-5-11-19-18(15(3)10-13-20-4)16-8-7-9-17(14-16)21-12-6-2/h7-9,14-15,18-19H,5-6,10-13H2,1-4H3. The summed E-state index contributed by atoms with van der Waals surface area (Å²) in [4.78, 5) is 0. The lowest BCUT2D eigenvalue weighted by molar-refractivity contribution is 0.170. The van der Waals surface area contributed by atoms with Crippen molar-refractivity contribution in [2.45, 2.75) is 46.1 Å². The molecular formula is C18H31NO2. The molecule has 3 heteroatoms. The molecule has 2 unspecified atom stereocenters. The summed E-state index contributed by atoms with van der Waals surface area (Å²) >= 11 is 0. The fourth-order valence-electron chi connectivity index (χ4n) is 2.44. The van der Waals surface area contributed by atoms with Gasteiger partial charge in [0.05, 0.1) is 6.61 Å². The van der Waals surface area contributed by atoms with Gasteiger partial charge in [-0.2, -0.15) is 0 Å². The van der Waals surface area contributed by atoms with Gasteiger partial charge in [0.2, 0.25) is 0 Å². The van der Waals surface area contributed by atoms with E-state index in [0.717, 1.165) is 44.8 Å². The maximum absolute atomic E-state index is 5.76. The smallest absolute Gasteiger partial charge is 0.119 e. The Balaban J connectivity index is 2.80. The average Bonchev–Trinajstić information content (AvgIpc) is 2.51. The van der Waals surface area contributed by atoms with E-state index in [-0.39, 0.29) is 0 Å². The highest BCUT2D eigenvalue weighted by atomic mass is 16.5. The molecule has 0 bridgehead atoms. The molecule has 0 spiro atoms. The van der Waals surface area contributed by atoms with Gasteiger partial charge in [-0.3, -0.25) is 0 Å². The summed E-state index contributed by atoms with van der Waals surface area (Å²) < 4.78 is 11.0. The molecule has 1 N–H and O–H groups in total. The Morgan fingerprint density at radius 2 is 1.95 bits per heavy atom. The third kappa shape index (κ3) is 6.49. The van der Waals surface area contributed by atoms with Crippen LogP contribution in [0.4, 0.5) is 0 Å². The topological polar surface area (TPSA) is 30.5 Å². The van der Waals surface area contributed by atoms with Gasteiger partial charge in [0.15, 0.2) is 0 Å². The second-order valence-corrected chi connectivity index (χ2v) is 5.61. The number of rotatable bonds is 11. The molecular weight excluding hydrogens is 262 g/mol. The highest BCUT2D eigenvalue weighted by Crippen LogP contribution is 2.27. The number of nitrogens with one attached hydrogen (secondary N) is 1. The van der Waals surface area contributed by atoms with E-state index in [1.54, 1.807) is 7.11 Å². The molecule has 0 amide bonds. The minimum atomic E-state index is 0.352. The minimum Gasteiger partial charge on any atom is -0.494 e. The lowest BCUT2D eigenvalue weighted by Gasteiger charge is -2.26. The summed E-state index contributed by atoms with van der Waals surface area (Å²) in [6, 6.07) is 8.84. The molecule has 0 aliphatic rings. The van der Waals surface area contributed by atoms with Gasteiger partial charge in [-0.25, -0.2) is 0 Å². The van der Waals surface area contributed by atoms with Crippen LogP contribution >= 0.6 is 0 Å². The summed E-state index contributed by atoms with van der Waals surface area (Å²) in [7, 11) is 1.76. The molecule has 1 rings (SSSR count). The number of methoxy groups -OCH3 is 1. The van der Waals surface area contributed by atoms with Gasteiger partial charge in [0.1, 0.15) is 5.75 Å². The van der Waals surface area contributed by atoms with E-state index >= 15 is 0 Å². The Bertz CT molecular complexity index is 381. The van der Waals surface area contributed by atoms with Crippen LogP contribution in [-0.4, -0.2) is 26.9 Å². The number of hydrogen-bond acceptors (Lipinski definition) is 3. The minimum absolute atomic E-state index is 0.352. The number of ether oxygens (including phenoxy) is 2. The molecule has 21 heavy (non-hydrogen) atoms. The largest absolute Gasteiger partial charge is 0.494 e. The zero-order chi connectivity index (χ0) is 15.5. The van der Waals surface area contributed by atoms with Crippen molar-refractivity contribution in [1.29, 1.82) is 0 Å². The van der Waals surface area contributed by atoms with Crippen molar-refractivity contribution in [2.75, 3.05) is 26.9 Å². The van der Waals surface area contributed by atoms with Crippen molar-refractivity contribution in [3.63, 3.8) is 0 Å². The van der Waals surface area contributed by atoms with Gasteiger partial charge in [0.25, 0.3) is 0 Å². The van der Waals surface area contributed by atoms with E-state index in [9.17, 15) is 0 Å². The Labute approximate surface area is 130 Å². The van der Waals surface area contributed by atoms with Crippen molar-refractivity contribution in [3.8, 4) is 5.75 Å². The van der Waals surface area contributed by atoms with Crippen LogP contribution in [0.15, 0.2) is 24.3 Å². The molecule has 0 radical (unpaired) electrons. The maximum atomic E-state index is 5.76. The van der Waals surface area contributed by atoms with Gasteiger partial charge in [-0.1, -0.05) is 32.9 Å². The van der Waals surface area contributed by atoms with E-state index in [1.807, 2.05) is 6.07 Å². The highest BCUT2D eigenvalue weighted by molar-refractivity contribution is 5.31. The SMILES string of the molecule is CCCNC(c1cccc(OCCC)c1)C(C)CCOC. The fraction of sp³-hybridized carbons (Fsp3) is 0.667. The van der Waals surface area contributed by atoms with Gasteiger partial charge in [-0.15, -0.1) is 0 Å². The average molecular weight is 293 g/mol. The predicted octanol–water partition coefficient (Wildman–Crippen LogP) is 4.19. The molecule has 0 aliphatic carbocycles. The second-order valence-electron chi connectivity index (χ2n) is 5.61. The Morgan fingerprint density at radius 1 is 1.14 bits per heavy atom. The third-order valence-corrected chi connectivity index (χ3v) is 3.65. The molecule has 0 saturated carbocycles. The molecule has 0 heterocycles. The highest BCUT2D eigenvalue weighted by Gasteiger charge is 2.18. The summed E-state index contributed by atoms with van der Waals surface area (Å²) in [5, 5.41) is 3.67. The van der Waals surface area contributed by atoms with Crippen LogP contribution < -0.4 is 10.1 Å². The zero-order valence-electron chi connectivity index (χ0n) is 14.0. The lowest BCUT2D eigenvalue weighted by atomic mass is 9.92. The molecule has 120 valence electrons. The van der Waals surface area contributed by atoms with Gasteiger partial charge >= 0.3 is 0 Å². The summed E-state index contributed by atoms with van der Waals surface area (Å²) in [6.45, 7) is 9.22. The van der Waals surface area contributed by atoms with Gasteiger partial charge in [-0.05, 0) is 49.4 Å². The van der Waals surface area contributed by atoms with Gasteiger partial charge in [0, 0.05) is 19.8 Å². The Kier molecular flexibility index (Phi) is 9.11. The van der Waals surface area contributed by atoms with Crippen molar-refractivity contribution >= 4 is 0 Å². The normalized spacial score (nSPS) is 13.9. The van der Waals surface area contributed by atoms with E-state index in [0.29, 0.717) is 12.0 Å². The first-order valence-electron chi connectivity index (χ1n) is 8.18. The van der Waals surface area contributed by atoms with Crippen molar-refractivity contribution in [1.82, 2.24) is 5.32 Å². The van der Waals surface area contributed by atoms with Crippen LogP contribution in [-0.2, 0) is 4.74 Å². The van der Waals surface area contributed by atoms with Crippen LogP contribution in [0.25, 0.3) is 0 Å². The lowest BCUT2D eigenvalue weighted by Crippen LogP contribution is -2.28. The van der Waals surface area contributed by atoms with Crippen LogP contribution in [0.2, 0.25) is 0 Å². The van der Waals surface area contributed by atoms with Crippen molar-refractivity contribution in [2.24, 2.45) is 5.92 Å². The second kappa shape index (κ2) is 10.6. The molecule has 2 atom stereocenters. The van der Waals surface area contributed by atoms with Crippen LogP contribution in [0.5, 0.6) is 5.75 Å². The summed E-state index contributed by atoms with van der Waals surface area (Å²) in [6.07, 6.45) is 3.23. The molecule has 0 aromatic heterocycles. The molecule has 0 fully saturated rings. The Morgan fingerprint density at radius 3 is 2.62 bits per heavy atom. The van der Waals surface area contributed by atoms with E-state index < -0.39 is 0 Å². The quantitative estimate of drug-likeness (QED) is 0.663. The maximum Gasteiger partial charge on any atom is 0.119 e. The fourth-order valence-corrected chi connectivity index (χ4v) is 2.44. The van der Waals surface area contributed by atoms with Crippen LogP contribution in [0.1, 0.15) is 51.6 Å². The molecule has 1 aromatic carbocycles. The van der Waals surface area contributed by atoms with Crippen molar-refractivity contribution < 1.29 is 9.47 Å². The van der Waals surface area contributed by atoms with Gasteiger partial charge < -0.3 is 14.8 Å². The van der Waals surface area contributed by atoms with E-state index in [2.05, 4.69) is 44.3 Å². The van der Waals surface area contributed by atoms with Crippen LogP contribution in [0, 0.1) is 5.92 Å². The van der Waals surface area contributed by atoms with Crippen LogP contribution in [0.3, 0.4) is 0 Å². The van der Waals surface area contributed by atoms with E-state index in [1.165, 1.54) is 5.56 Å². The van der Waals surface area contributed by atoms with Crippen molar-refractivity contribution in [3.05, 3.63) is 29.8 Å². The molecule has 3 nitrogen and oxygen atoms in total. The molecule has 1 aromatic rings. The van der Waals surface area contributed by atoms with E-state index in [4.69, 9.17) is 9.47 Å². The predicted molar refractivity (Wildman–Crippen MR) is 88.9 cm³/mol. The molecule has 0 saturated heterocycles. The third-order valence-electron chi connectivity index (χ3n) is 3.65. The first kappa shape index (κ1) is 18.0. The zero-order valence-corrected chi connectivity index (χ0v) is 14.0. The first-order valence-corrected chi connectivity index (χ1v) is 8.18. The summed E-state index contributed by atoms with van der Waals surface area (Å²) in [5.74, 6) is 1.49.